The second-order valence-electron chi connectivity index (χ2n) is 6.78. The van der Waals surface area contributed by atoms with Gasteiger partial charge in [0.2, 0.25) is 0 Å². The Morgan fingerprint density at radius 2 is 1.71 bits per heavy atom. The highest BCUT2D eigenvalue weighted by atomic mass is 32.1. The number of fused-ring (bicyclic) bond motifs is 1. The molecule has 0 unspecified atom stereocenters. The Hall–Kier alpha value is -3.05. The van der Waals surface area contributed by atoms with E-state index >= 15 is 0 Å². The van der Waals surface area contributed by atoms with Crippen LogP contribution in [-0.4, -0.2) is 35.1 Å². The molecular formula is C23H22N4S. The number of rotatable bonds is 4. The molecule has 0 saturated heterocycles. The Balaban J connectivity index is 1.91. The molecule has 0 amide bonds. The van der Waals surface area contributed by atoms with Gasteiger partial charge in [-0.05, 0) is 54.0 Å². The quantitative estimate of drug-likeness (QED) is 0.623. The van der Waals surface area contributed by atoms with Crippen LogP contribution in [0.1, 0.15) is 18.1 Å². The van der Waals surface area contributed by atoms with Crippen LogP contribution in [0.25, 0.3) is 16.6 Å². The van der Waals surface area contributed by atoms with E-state index in [1.165, 1.54) is 17.4 Å². The highest BCUT2D eigenvalue weighted by molar-refractivity contribution is 7.00. The smallest absolute Gasteiger partial charge is 0.112 e. The molecule has 0 N–H and O–H groups in total. The van der Waals surface area contributed by atoms with Gasteiger partial charge in [-0.3, -0.25) is 4.99 Å². The van der Waals surface area contributed by atoms with Gasteiger partial charge in [0.15, 0.2) is 0 Å². The number of aliphatic imine (C=N–C) groups is 1. The average Bonchev–Trinajstić information content (AvgIpc) is 3.20. The van der Waals surface area contributed by atoms with Crippen LogP contribution in [0.5, 0.6) is 0 Å². The fourth-order valence-electron chi connectivity index (χ4n) is 3.33. The van der Waals surface area contributed by atoms with Crippen LogP contribution in [-0.2, 0) is 0 Å². The molecular weight excluding hydrogens is 364 g/mol. The Kier molecular flexibility index (Phi) is 5.17. The van der Waals surface area contributed by atoms with Crippen molar-refractivity contribution in [1.29, 1.82) is 0 Å². The molecule has 0 radical (unpaired) electrons. The highest BCUT2D eigenvalue weighted by Gasteiger charge is 2.16. The summed E-state index contributed by atoms with van der Waals surface area (Å²) in [5.74, 6) is 0. The molecule has 0 bridgehead atoms. The predicted molar refractivity (Wildman–Crippen MR) is 120 cm³/mol. The fourth-order valence-corrected chi connectivity index (χ4v) is 3.88. The Morgan fingerprint density at radius 1 is 0.964 bits per heavy atom. The normalized spacial score (nSPS) is 13.2. The van der Waals surface area contributed by atoms with Gasteiger partial charge in [-0.1, -0.05) is 36.4 Å². The van der Waals surface area contributed by atoms with E-state index in [1.807, 2.05) is 19.1 Å². The van der Waals surface area contributed by atoms with E-state index in [9.17, 15) is 0 Å². The largest absolute Gasteiger partial charge is 0.378 e. The zero-order chi connectivity index (χ0) is 19.5. The van der Waals surface area contributed by atoms with Crippen molar-refractivity contribution in [1.82, 2.24) is 8.75 Å². The summed E-state index contributed by atoms with van der Waals surface area (Å²) < 4.78 is 8.99. The Morgan fingerprint density at radius 3 is 2.39 bits per heavy atom. The van der Waals surface area contributed by atoms with Gasteiger partial charge in [-0.15, -0.1) is 0 Å². The standard InChI is InChI=1S/C23H22N4S/c1-4-24-18-12-8-16(9-13-18)22(17-10-14-19(15-11-17)27(2)3)20-6-5-7-21-23(20)26-28-25-21/h5-15H,4H2,1-3H3. The number of aromatic nitrogens is 2. The zero-order valence-corrected chi connectivity index (χ0v) is 17.1. The monoisotopic (exact) mass is 386 g/mol. The summed E-state index contributed by atoms with van der Waals surface area (Å²) >= 11 is 1.26. The van der Waals surface area contributed by atoms with Crippen molar-refractivity contribution in [2.24, 2.45) is 4.99 Å². The van der Waals surface area contributed by atoms with Gasteiger partial charge in [0.05, 0.1) is 17.4 Å². The van der Waals surface area contributed by atoms with Crippen LogP contribution in [0.3, 0.4) is 0 Å². The van der Waals surface area contributed by atoms with Crippen LogP contribution in [0.2, 0.25) is 0 Å². The molecule has 2 aromatic carbocycles. The van der Waals surface area contributed by atoms with Gasteiger partial charge >= 0.3 is 0 Å². The van der Waals surface area contributed by atoms with E-state index in [4.69, 9.17) is 0 Å². The molecule has 3 aromatic rings. The van der Waals surface area contributed by atoms with Crippen LogP contribution in [0.15, 0.2) is 77.3 Å². The summed E-state index contributed by atoms with van der Waals surface area (Å²) in [6, 6.07) is 14.8. The first-order chi connectivity index (χ1) is 13.7. The van der Waals surface area contributed by atoms with Gasteiger partial charge in [-0.2, -0.15) is 8.75 Å². The maximum Gasteiger partial charge on any atom is 0.112 e. The van der Waals surface area contributed by atoms with E-state index in [2.05, 4.69) is 87.4 Å². The number of benzene rings is 2. The first kappa shape index (κ1) is 18.3. The van der Waals surface area contributed by atoms with Crippen molar-refractivity contribution < 1.29 is 0 Å². The Labute approximate surface area is 169 Å². The van der Waals surface area contributed by atoms with E-state index < -0.39 is 0 Å². The van der Waals surface area contributed by atoms with Crippen LogP contribution >= 0.6 is 11.7 Å². The first-order valence-corrected chi connectivity index (χ1v) is 10.0. The molecule has 1 heterocycles. The third-order valence-electron chi connectivity index (χ3n) is 4.72. The number of hydrogen-bond donors (Lipinski definition) is 0. The van der Waals surface area contributed by atoms with Crippen molar-refractivity contribution in [3.05, 3.63) is 83.5 Å². The molecule has 1 aliphatic carbocycles. The highest BCUT2D eigenvalue weighted by Crippen LogP contribution is 2.34. The van der Waals surface area contributed by atoms with Gasteiger partial charge in [0.25, 0.3) is 0 Å². The van der Waals surface area contributed by atoms with Gasteiger partial charge in [0, 0.05) is 31.9 Å². The van der Waals surface area contributed by atoms with Crippen molar-refractivity contribution in [2.45, 2.75) is 6.92 Å². The minimum Gasteiger partial charge on any atom is -0.378 e. The number of allylic oxidation sites excluding steroid dienone is 5. The molecule has 0 fully saturated rings. The first-order valence-electron chi connectivity index (χ1n) is 9.31. The predicted octanol–water partition coefficient (Wildman–Crippen LogP) is 5.15. The lowest BCUT2D eigenvalue weighted by atomic mass is 9.90. The van der Waals surface area contributed by atoms with Crippen LogP contribution in [0.4, 0.5) is 5.69 Å². The van der Waals surface area contributed by atoms with E-state index in [1.54, 1.807) is 0 Å². The number of anilines is 1. The topological polar surface area (TPSA) is 41.4 Å². The van der Waals surface area contributed by atoms with E-state index in [0.29, 0.717) is 0 Å². The summed E-state index contributed by atoms with van der Waals surface area (Å²) in [6.45, 7) is 2.83. The van der Waals surface area contributed by atoms with E-state index in [0.717, 1.165) is 45.6 Å². The lowest BCUT2D eigenvalue weighted by molar-refractivity contribution is 1.13. The molecule has 140 valence electrons. The molecule has 0 aliphatic heterocycles. The van der Waals surface area contributed by atoms with Crippen molar-refractivity contribution in [3.63, 3.8) is 0 Å². The van der Waals surface area contributed by atoms with Crippen LogP contribution < -0.4 is 4.90 Å². The second kappa shape index (κ2) is 7.90. The maximum atomic E-state index is 4.57. The molecule has 4 nitrogen and oxygen atoms in total. The lowest BCUT2D eigenvalue weighted by Gasteiger charge is -2.17. The summed E-state index contributed by atoms with van der Waals surface area (Å²) in [7, 11) is 4.11. The minimum atomic E-state index is 0.783. The molecule has 0 saturated carbocycles. The van der Waals surface area contributed by atoms with Crippen molar-refractivity contribution in [2.75, 3.05) is 25.5 Å². The van der Waals surface area contributed by atoms with Gasteiger partial charge in [-0.25, -0.2) is 0 Å². The van der Waals surface area contributed by atoms with Gasteiger partial charge in [0.1, 0.15) is 11.0 Å². The molecule has 4 rings (SSSR count). The minimum absolute atomic E-state index is 0.783. The Bertz CT molecular complexity index is 1100. The molecule has 0 atom stereocenters. The molecule has 1 aliphatic rings. The maximum absolute atomic E-state index is 4.57. The second-order valence-corrected chi connectivity index (χ2v) is 7.30. The van der Waals surface area contributed by atoms with E-state index in [-0.39, 0.29) is 0 Å². The molecule has 5 heteroatoms. The summed E-state index contributed by atoms with van der Waals surface area (Å²) in [5.41, 5.74) is 8.62. The molecule has 28 heavy (non-hydrogen) atoms. The molecule has 0 spiro atoms. The number of nitrogens with zero attached hydrogens (tertiary/aromatic N) is 4. The van der Waals surface area contributed by atoms with Crippen LogP contribution in [0, 0.1) is 0 Å². The average molecular weight is 387 g/mol. The summed E-state index contributed by atoms with van der Waals surface area (Å²) in [4.78, 5) is 6.60. The summed E-state index contributed by atoms with van der Waals surface area (Å²) in [5, 5.41) is 0. The van der Waals surface area contributed by atoms with Crippen molar-refractivity contribution >= 4 is 39.7 Å². The summed E-state index contributed by atoms with van der Waals surface area (Å²) in [6.07, 6.45) is 8.43. The fraction of sp³-hybridized carbons (Fsp3) is 0.174. The van der Waals surface area contributed by atoms with Gasteiger partial charge < -0.3 is 4.90 Å². The lowest BCUT2D eigenvalue weighted by Crippen LogP contribution is -2.08. The third kappa shape index (κ3) is 3.53. The SMILES string of the molecule is CCN=C1C=CC(=C(c2ccc(N(C)C)cc2)c2cccc3nsnc23)C=C1. The third-order valence-corrected chi connectivity index (χ3v) is 5.27. The molecule has 1 aromatic heterocycles. The number of hydrogen-bond acceptors (Lipinski definition) is 5. The van der Waals surface area contributed by atoms with Crippen molar-refractivity contribution in [3.8, 4) is 0 Å². The zero-order valence-electron chi connectivity index (χ0n) is 16.3.